The van der Waals surface area contributed by atoms with Gasteiger partial charge in [-0.2, -0.15) is 11.3 Å². The van der Waals surface area contributed by atoms with Gasteiger partial charge in [-0.3, -0.25) is 9.52 Å². The Morgan fingerprint density at radius 1 is 1.07 bits per heavy atom. The Labute approximate surface area is 179 Å². The molecule has 0 unspecified atom stereocenters. The zero-order valence-electron chi connectivity index (χ0n) is 15.4. The predicted octanol–water partition coefficient (Wildman–Crippen LogP) is 5.01. The van der Waals surface area contributed by atoms with E-state index in [4.69, 9.17) is 11.6 Å². The van der Waals surface area contributed by atoms with Gasteiger partial charge >= 0.3 is 0 Å². The summed E-state index contributed by atoms with van der Waals surface area (Å²) in [6.07, 6.45) is 2.01. The van der Waals surface area contributed by atoms with Crippen molar-refractivity contribution in [3.05, 3.63) is 81.5 Å². The number of benzene rings is 2. The van der Waals surface area contributed by atoms with Crippen LogP contribution in [0.5, 0.6) is 0 Å². The molecule has 1 fully saturated rings. The van der Waals surface area contributed by atoms with Gasteiger partial charge in [-0.05, 0) is 83.8 Å². The van der Waals surface area contributed by atoms with Crippen LogP contribution < -0.4 is 4.72 Å². The van der Waals surface area contributed by atoms with E-state index in [2.05, 4.69) is 4.72 Å². The van der Waals surface area contributed by atoms with E-state index in [0.717, 1.165) is 18.4 Å². The lowest BCUT2D eigenvalue weighted by molar-refractivity contribution is 0.0730. The number of thiophene rings is 1. The van der Waals surface area contributed by atoms with Crippen LogP contribution in [0.15, 0.2) is 70.3 Å². The van der Waals surface area contributed by atoms with E-state index in [1.165, 1.54) is 12.1 Å². The number of anilines is 1. The van der Waals surface area contributed by atoms with Crippen molar-refractivity contribution < 1.29 is 13.2 Å². The van der Waals surface area contributed by atoms with Gasteiger partial charge in [0.2, 0.25) is 0 Å². The molecule has 1 N–H and O–H groups in total. The SMILES string of the molecule is O=C(c1ccc(S(=O)(=O)Nc2ccc(Cl)cc2)cc1)N(Cc1ccsc1)C1CC1. The van der Waals surface area contributed by atoms with Crippen LogP contribution in [0.3, 0.4) is 0 Å². The zero-order chi connectivity index (χ0) is 20.4. The maximum Gasteiger partial charge on any atom is 0.261 e. The average molecular weight is 447 g/mol. The molecule has 1 saturated carbocycles. The minimum atomic E-state index is -3.75. The van der Waals surface area contributed by atoms with Crippen LogP contribution in [-0.4, -0.2) is 25.3 Å². The highest BCUT2D eigenvalue weighted by Crippen LogP contribution is 2.30. The number of sulfonamides is 1. The van der Waals surface area contributed by atoms with Gasteiger partial charge in [0.15, 0.2) is 0 Å². The molecule has 1 aromatic heterocycles. The maximum absolute atomic E-state index is 13.0. The quantitative estimate of drug-likeness (QED) is 0.554. The minimum absolute atomic E-state index is 0.0756. The van der Waals surface area contributed by atoms with Crippen molar-refractivity contribution in [3.8, 4) is 0 Å². The van der Waals surface area contributed by atoms with Gasteiger partial charge < -0.3 is 4.90 Å². The molecule has 0 aliphatic heterocycles. The Balaban J connectivity index is 1.50. The fraction of sp³-hybridized carbons (Fsp3) is 0.190. The average Bonchev–Trinajstić information content (AvgIpc) is 3.43. The molecule has 4 rings (SSSR count). The monoisotopic (exact) mass is 446 g/mol. The van der Waals surface area contributed by atoms with Crippen LogP contribution in [0.4, 0.5) is 5.69 Å². The molecule has 2 aromatic carbocycles. The van der Waals surface area contributed by atoms with Gasteiger partial charge in [0, 0.05) is 28.9 Å². The molecule has 3 aromatic rings. The van der Waals surface area contributed by atoms with E-state index in [9.17, 15) is 13.2 Å². The van der Waals surface area contributed by atoms with E-state index in [-0.39, 0.29) is 16.8 Å². The Bertz CT molecular complexity index is 1090. The summed E-state index contributed by atoms with van der Waals surface area (Å²) in [6.45, 7) is 0.575. The third-order valence-electron chi connectivity index (χ3n) is 4.69. The van der Waals surface area contributed by atoms with Crippen molar-refractivity contribution in [1.29, 1.82) is 0 Å². The number of hydrogen-bond acceptors (Lipinski definition) is 4. The van der Waals surface area contributed by atoms with Crippen LogP contribution in [-0.2, 0) is 16.6 Å². The van der Waals surface area contributed by atoms with Crippen molar-refractivity contribution in [2.75, 3.05) is 4.72 Å². The molecule has 1 amide bonds. The number of nitrogens with zero attached hydrogens (tertiary/aromatic N) is 1. The summed E-state index contributed by atoms with van der Waals surface area (Å²) in [5, 5.41) is 4.57. The van der Waals surface area contributed by atoms with Gasteiger partial charge in [0.25, 0.3) is 15.9 Å². The van der Waals surface area contributed by atoms with Crippen molar-refractivity contribution in [3.63, 3.8) is 0 Å². The molecule has 1 heterocycles. The Hall–Kier alpha value is -2.35. The van der Waals surface area contributed by atoms with Gasteiger partial charge in [0.05, 0.1) is 4.90 Å². The first kappa shape index (κ1) is 19.9. The number of hydrogen-bond donors (Lipinski definition) is 1. The van der Waals surface area contributed by atoms with Gasteiger partial charge in [-0.15, -0.1) is 0 Å². The van der Waals surface area contributed by atoms with E-state index in [1.807, 2.05) is 21.7 Å². The number of carbonyl (C=O) groups is 1. The predicted molar refractivity (Wildman–Crippen MR) is 116 cm³/mol. The van der Waals surface area contributed by atoms with Gasteiger partial charge in [-0.1, -0.05) is 11.6 Å². The van der Waals surface area contributed by atoms with Crippen LogP contribution in [0.2, 0.25) is 5.02 Å². The van der Waals surface area contributed by atoms with Crippen molar-refractivity contribution in [2.45, 2.75) is 30.3 Å². The molecule has 5 nitrogen and oxygen atoms in total. The summed E-state index contributed by atoms with van der Waals surface area (Å²) in [5.41, 5.74) is 2.02. The second kappa shape index (κ2) is 8.18. The first-order chi connectivity index (χ1) is 13.9. The first-order valence-electron chi connectivity index (χ1n) is 9.13. The van der Waals surface area contributed by atoms with E-state index < -0.39 is 10.0 Å². The van der Waals surface area contributed by atoms with E-state index in [0.29, 0.717) is 22.8 Å². The molecule has 0 spiro atoms. The fourth-order valence-corrected chi connectivity index (χ4v) is 4.85. The van der Waals surface area contributed by atoms with Crippen LogP contribution in [0, 0.1) is 0 Å². The van der Waals surface area contributed by atoms with Gasteiger partial charge in [-0.25, -0.2) is 8.42 Å². The number of nitrogens with one attached hydrogen (secondary N) is 1. The third kappa shape index (κ3) is 4.80. The summed E-state index contributed by atoms with van der Waals surface area (Å²) >= 11 is 7.44. The van der Waals surface area contributed by atoms with Crippen molar-refractivity contribution >= 4 is 44.6 Å². The van der Waals surface area contributed by atoms with Crippen molar-refractivity contribution in [1.82, 2.24) is 4.90 Å². The minimum Gasteiger partial charge on any atom is -0.331 e. The lowest BCUT2D eigenvalue weighted by Gasteiger charge is -2.22. The van der Waals surface area contributed by atoms with Crippen molar-refractivity contribution in [2.24, 2.45) is 0 Å². The summed E-state index contributed by atoms with van der Waals surface area (Å²) in [4.78, 5) is 15.0. The smallest absolute Gasteiger partial charge is 0.261 e. The Morgan fingerprint density at radius 3 is 2.34 bits per heavy atom. The highest BCUT2D eigenvalue weighted by Gasteiger charge is 2.33. The first-order valence-corrected chi connectivity index (χ1v) is 11.9. The molecule has 29 heavy (non-hydrogen) atoms. The van der Waals surface area contributed by atoms with E-state index in [1.54, 1.807) is 47.7 Å². The largest absolute Gasteiger partial charge is 0.331 e. The van der Waals surface area contributed by atoms with Crippen LogP contribution in [0.25, 0.3) is 0 Å². The third-order valence-corrected chi connectivity index (χ3v) is 7.07. The zero-order valence-corrected chi connectivity index (χ0v) is 17.8. The fourth-order valence-electron chi connectivity index (χ4n) is 3.01. The number of amides is 1. The second-order valence-electron chi connectivity index (χ2n) is 6.93. The molecule has 0 bridgehead atoms. The molecule has 0 atom stereocenters. The highest BCUT2D eigenvalue weighted by molar-refractivity contribution is 7.92. The molecule has 0 radical (unpaired) electrons. The molecular formula is C21H19ClN2O3S2. The number of carbonyl (C=O) groups excluding carboxylic acids is 1. The standard InChI is InChI=1S/C21H19ClN2O3S2/c22-17-3-5-18(6-4-17)23-29(26,27)20-9-1-16(2-10-20)21(25)24(19-7-8-19)13-15-11-12-28-14-15/h1-6,9-12,14,19,23H,7-8,13H2. The van der Waals surface area contributed by atoms with Crippen LogP contribution >= 0.6 is 22.9 Å². The Morgan fingerprint density at radius 2 is 1.76 bits per heavy atom. The number of halogens is 1. The summed E-state index contributed by atoms with van der Waals surface area (Å²) in [7, 11) is -3.75. The normalized spacial score (nSPS) is 13.8. The summed E-state index contributed by atoms with van der Waals surface area (Å²) in [5.74, 6) is -0.0756. The number of rotatable bonds is 7. The molecule has 0 saturated heterocycles. The molecule has 8 heteroatoms. The Kier molecular flexibility index (Phi) is 5.63. The molecule has 1 aliphatic rings. The highest BCUT2D eigenvalue weighted by atomic mass is 35.5. The molecule has 150 valence electrons. The summed E-state index contributed by atoms with van der Waals surface area (Å²) < 4.78 is 27.7. The molecular weight excluding hydrogens is 428 g/mol. The van der Waals surface area contributed by atoms with Crippen LogP contribution in [0.1, 0.15) is 28.8 Å². The lowest BCUT2D eigenvalue weighted by Crippen LogP contribution is -2.32. The van der Waals surface area contributed by atoms with E-state index >= 15 is 0 Å². The second-order valence-corrected chi connectivity index (χ2v) is 9.83. The van der Waals surface area contributed by atoms with Gasteiger partial charge in [0.1, 0.15) is 0 Å². The summed E-state index contributed by atoms with van der Waals surface area (Å²) in [6, 6.07) is 14.8. The lowest BCUT2D eigenvalue weighted by atomic mass is 10.2. The maximum atomic E-state index is 13.0. The molecule has 1 aliphatic carbocycles. The topological polar surface area (TPSA) is 66.5 Å².